The maximum absolute atomic E-state index is 12.2. The summed E-state index contributed by atoms with van der Waals surface area (Å²) in [5.41, 5.74) is 2.94. The highest BCUT2D eigenvalue weighted by molar-refractivity contribution is 7.90. The number of hydrogen-bond donors (Lipinski definition) is 1. The molecule has 1 N–H and O–H groups in total. The van der Waals surface area contributed by atoms with E-state index in [1.165, 1.54) is 12.1 Å². The second-order valence-corrected chi connectivity index (χ2v) is 7.65. The van der Waals surface area contributed by atoms with Crippen LogP contribution in [-0.2, 0) is 16.4 Å². The molecule has 0 saturated carbocycles. The largest absolute Gasteiger partial charge is 0.346 e. The number of fused-ring (bicyclic) bond motifs is 1. The molecule has 2 aromatic heterocycles. The summed E-state index contributed by atoms with van der Waals surface area (Å²) >= 11 is 0. The average Bonchev–Trinajstić information content (AvgIpc) is 2.96. The molecule has 0 radical (unpaired) electrons. The van der Waals surface area contributed by atoms with Crippen LogP contribution in [-0.4, -0.2) is 30.0 Å². The summed E-state index contributed by atoms with van der Waals surface area (Å²) in [6.07, 6.45) is 4.87. The van der Waals surface area contributed by atoms with E-state index >= 15 is 0 Å². The Balaban J connectivity index is 1.76. The summed E-state index contributed by atoms with van der Waals surface area (Å²) in [7, 11) is -3.34. The number of nitrogens with one attached hydrogen (secondary N) is 1. The third-order valence-electron chi connectivity index (χ3n) is 3.68. The summed E-state index contributed by atoms with van der Waals surface area (Å²) < 4.78 is 25.1. The van der Waals surface area contributed by atoms with Gasteiger partial charge in [-0.05, 0) is 36.8 Å². The van der Waals surface area contributed by atoms with E-state index < -0.39 is 9.84 Å². The first-order valence-electron chi connectivity index (χ1n) is 7.36. The number of carbonyl (C=O) groups excluding carboxylic acids is 1. The average molecular weight is 343 g/mol. The molecule has 1 aromatic carbocycles. The molecule has 0 spiro atoms. The Morgan fingerprint density at radius 1 is 1.25 bits per heavy atom. The van der Waals surface area contributed by atoms with Crippen LogP contribution in [0.25, 0.3) is 5.65 Å². The fourth-order valence-corrected chi connectivity index (χ4v) is 3.10. The van der Waals surface area contributed by atoms with Crippen LogP contribution in [0.3, 0.4) is 0 Å². The Labute approximate surface area is 140 Å². The molecule has 0 aliphatic carbocycles. The lowest BCUT2D eigenvalue weighted by molar-refractivity contribution is 0.0950. The maximum Gasteiger partial charge on any atom is 0.251 e. The van der Waals surface area contributed by atoms with Crippen LogP contribution in [0.15, 0.2) is 53.7 Å². The molecule has 124 valence electrons. The molecule has 24 heavy (non-hydrogen) atoms. The molecule has 0 unspecified atom stereocenters. The highest BCUT2D eigenvalue weighted by atomic mass is 32.2. The molecule has 0 atom stereocenters. The van der Waals surface area contributed by atoms with Crippen LogP contribution in [0, 0.1) is 6.92 Å². The first-order valence-corrected chi connectivity index (χ1v) is 9.25. The van der Waals surface area contributed by atoms with Gasteiger partial charge in [-0.1, -0.05) is 12.1 Å². The molecule has 7 heteroatoms. The Morgan fingerprint density at radius 3 is 2.75 bits per heavy atom. The van der Waals surface area contributed by atoms with Gasteiger partial charge in [0.15, 0.2) is 9.84 Å². The fourth-order valence-electron chi connectivity index (χ4n) is 2.43. The number of rotatable bonds is 4. The third kappa shape index (κ3) is 3.30. The highest BCUT2D eigenvalue weighted by Gasteiger charge is 2.12. The molecule has 2 heterocycles. The number of imidazole rings is 1. The Morgan fingerprint density at radius 2 is 2.04 bits per heavy atom. The second-order valence-electron chi connectivity index (χ2n) is 5.64. The van der Waals surface area contributed by atoms with Gasteiger partial charge in [-0.3, -0.25) is 4.79 Å². The van der Waals surface area contributed by atoms with Gasteiger partial charge in [0.25, 0.3) is 5.91 Å². The standard InChI is InChI=1S/C17H17N3O3S/c1-12-5-4-8-20-11-14(19-16(12)20)10-18-17(21)13-6-3-7-15(9-13)24(2,22)23/h3-9,11H,10H2,1-2H3,(H,18,21). The number of pyridine rings is 1. The van der Waals surface area contributed by atoms with Crippen LogP contribution in [0.4, 0.5) is 0 Å². The second kappa shape index (κ2) is 6.09. The molecule has 0 aliphatic rings. The topological polar surface area (TPSA) is 80.5 Å². The molecular formula is C17H17N3O3S. The SMILES string of the molecule is Cc1cccn2cc(CNC(=O)c3cccc(S(C)(=O)=O)c3)nc12. The summed E-state index contributed by atoms with van der Waals surface area (Å²) in [4.78, 5) is 16.8. The monoisotopic (exact) mass is 343 g/mol. The predicted molar refractivity (Wildman–Crippen MR) is 90.7 cm³/mol. The van der Waals surface area contributed by atoms with Crippen molar-refractivity contribution in [1.82, 2.24) is 14.7 Å². The molecule has 3 rings (SSSR count). The van der Waals surface area contributed by atoms with Crippen molar-refractivity contribution in [1.29, 1.82) is 0 Å². The minimum Gasteiger partial charge on any atom is -0.346 e. The number of nitrogens with zero attached hydrogens (tertiary/aromatic N) is 2. The summed E-state index contributed by atoms with van der Waals surface area (Å²) in [6.45, 7) is 2.24. The van der Waals surface area contributed by atoms with Crippen molar-refractivity contribution in [3.8, 4) is 0 Å². The number of aryl methyl sites for hydroxylation is 1. The number of carbonyl (C=O) groups is 1. The van der Waals surface area contributed by atoms with E-state index in [0.29, 0.717) is 5.56 Å². The molecule has 6 nitrogen and oxygen atoms in total. The van der Waals surface area contributed by atoms with E-state index in [1.54, 1.807) is 12.1 Å². The molecule has 0 aliphatic heterocycles. The molecule has 0 bridgehead atoms. The van der Waals surface area contributed by atoms with Gasteiger partial charge in [0, 0.05) is 24.2 Å². The quantitative estimate of drug-likeness (QED) is 0.785. The summed E-state index contributed by atoms with van der Waals surface area (Å²) in [5, 5.41) is 2.76. The van der Waals surface area contributed by atoms with Crippen molar-refractivity contribution >= 4 is 21.4 Å². The fraction of sp³-hybridized carbons (Fsp3) is 0.176. The van der Waals surface area contributed by atoms with Crippen molar-refractivity contribution in [3.05, 3.63) is 65.6 Å². The minimum absolute atomic E-state index is 0.124. The molecule has 1 amide bonds. The van der Waals surface area contributed by atoms with Crippen LogP contribution < -0.4 is 5.32 Å². The third-order valence-corrected chi connectivity index (χ3v) is 4.79. The van der Waals surface area contributed by atoms with Gasteiger partial charge in [-0.2, -0.15) is 0 Å². The predicted octanol–water partition coefficient (Wildman–Crippen LogP) is 1.98. The lowest BCUT2D eigenvalue weighted by atomic mass is 10.2. The Hall–Kier alpha value is -2.67. The zero-order chi connectivity index (χ0) is 17.3. The first-order chi connectivity index (χ1) is 11.3. The van der Waals surface area contributed by atoms with Crippen LogP contribution in [0.1, 0.15) is 21.6 Å². The van der Waals surface area contributed by atoms with Gasteiger partial charge in [-0.15, -0.1) is 0 Å². The zero-order valence-electron chi connectivity index (χ0n) is 13.4. The van der Waals surface area contributed by atoms with Gasteiger partial charge in [0.2, 0.25) is 0 Å². The van der Waals surface area contributed by atoms with E-state index in [1.807, 2.05) is 35.9 Å². The van der Waals surface area contributed by atoms with Crippen molar-refractivity contribution in [2.75, 3.05) is 6.26 Å². The van der Waals surface area contributed by atoms with Crippen LogP contribution in [0.2, 0.25) is 0 Å². The van der Waals surface area contributed by atoms with E-state index in [0.717, 1.165) is 23.2 Å². The highest BCUT2D eigenvalue weighted by Crippen LogP contribution is 2.12. The molecule has 0 saturated heterocycles. The summed E-state index contributed by atoms with van der Waals surface area (Å²) in [6, 6.07) is 9.89. The Kier molecular flexibility index (Phi) is 4.11. The number of amides is 1. The van der Waals surface area contributed by atoms with Gasteiger partial charge in [0.05, 0.1) is 17.1 Å². The summed E-state index contributed by atoms with van der Waals surface area (Å²) in [5.74, 6) is -0.339. The minimum atomic E-state index is -3.34. The maximum atomic E-state index is 12.2. The number of hydrogen-bond acceptors (Lipinski definition) is 4. The van der Waals surface area contributed by atoms with Gasteiger partial charge in [-0.25, -0.2) is 13.4 Å². The lowest BCUT2D eigenvalue weighted by Crippen LogP contribution is -2.23. The number of aromatic nitrogens is 2. The van der Waals surface area contributed by atoms with Crippen molar-refractivity contribution in [2.45, 2.75) is 18.4 Å². The van der Waals surface area contributed by atoms with E-state index in [9.17, 15) is 13.2 Å². The first kappa shape index (κ1) is 16.2. The van der Waals surface area contributed by atoms with E-state index in [-0.39, 0.29) is 17.3 Å². The Bertz CT molecular complexity index is 1020. The molecule has 3 aromatic rings. The smallest absolute Gasteiger partial charge is 0.251 e. The van der Waals surface area contributed by atoms with Crippen LogP contribution in [0.5, 0.6) is 0 Å². The number of benzene rings is 1. The van der Waals surface area contributed by atoms with Gasteiger partial charge in [0.1, 0.15) is 5.65 Å². The van der Waals surface area contributed by atoms with Crippen LogP contribution >= 0.6 is 0 Å². The normalized spacial score (nSPS) is 11.6. The van der Waals surface area contributed by atoms with Crippen molar-refractivity contribution in [3.63, 3.8) is 0 Å². The van der Waals surface area contributed by atoms with Crippen molar-refractivity contribution < 1.29 is 13.2 Å². The van der Waals surface area contributed by atoms with Crippen molar-refractivity contribution in [2.24, 2.45) is 0 Å². The zero-order valence-corrected chi connectivity index (χ0v) is 14.2. The lowest BCUT2D eigenvalue weighted by Gasteiger charge is -2.05. The molecule has 0 fully saturated rings. The number of sulfone groups is 1. The molecular weight excluding hydrogens is 326 g/mol. The van der Waals surface area contributed by atoms with Gasteiger partial charge < -0.3 is 9.72 Å². The van der Waals surface area contributed by atoms with Gasteiger partial charge >= 0.3 is 0 Å². The van der Waals surface area contributed by atoms with E-state index in [2.05, 4.69) is 10.3 Å². The van der Waals surface area contributed by atoms with E-state index in [4.69, 9.17) is 0 Å².